The summed E-state index contributed by atoms with van der Waals surface area (Å²) in [5.74, 6) is 1.50. The molecule has 0 aliphatic heterocycles. The fraction of sp³-hybridized carbons (Fsp3) is 0.385. The highest BCUT2D eigenvalue weighted by Gasteiger charge is 2.15. The van der Waals surface area contributed by atoms with E-state index >= 15 is 0 Å². The Bertz CT molecular complexity index is 527. The number of thiophene rings is 1. The van der Waals surface area contributed by atoms with E-state index in [0.29, 0.717) is 11.9 Å². The van der Waals surface area contributed by atoms with E-state index in [1.165, 1.54) is 4.88 Å². The lowest BCUT2D eigenvalue weighted by molar-refractivity contribution is 0.397. The zero-order valence-corrected chi connectivity index (χ0v) is 12.1. The third-order valence-electron chi connectivity index (χ3n) is 2.74. The molecule has 2 aromatic rings. The number of ether oxygens (including phenoxy) is 1. The van der Waals surface area contributed by atoms with Crippen molar-refractivity contribution in [3.05, 3.63) is 28.5 Å². The van der Waals surface area contributed by atoms with Gasteiger partial charge in [-0.1, -0.05) is 6.07 Å². The molecule has 0 aromatic carbocycles. The van der Waals surface area contributed by atoms with Gasteiger partial charge in [0, 0.05) is 17.0 Å². The van der Waals surface area contributed by atoms with Gasteiger partial charge in [-0.15, -0.1) is 11.3 Å². The highest BCUT2D eigenvalue weighted by atomic mass is 32.1. The van der Waals surface area contributed by atoms with Crippen molar-refractivity contribution in [2.24, 2.45) is 0 Å². The lowest BCUT2D eigenvalue weighted by atomic mass is 10.3. The van der Waals surface area contributed by atoms with Gasteiger partial charge in [0.05, 0.1) is 13.7 Å². The SMILES string of the molecule is COc1cc(N(Cc2cccs2)C(C)C)nc(N)n1. The van der Waals surface area contributed by atoms with Gasteiger partial charge in [-0.25, -0.2) is 0 Å². The molecule has 2 N–H and O–H groups in total. The Morgan fingerprint density at radius 2 is 2.21 bits per heavy atom. The highest BCUT2D eigenvalue weighted by molar-refractivity contribution is 7.09. The first kappa shape index (κ1) is 13.6. The molecule has 0 saturated carbocycles. The van der Waals surface area contributed by atoms with Crippen LogP contribution in [0.25, 0.3) is 0 Å². The number of hydrogen-bond donors (Lipinski definition) is 1. The number of methoxy groups -OCH3 is 1. The minimum Gasteiger partial charge on any atom is -0.481 e. The van der Waals surface area contributed by atoms with Crippen LogP contribution in [0.4, 0.5) is 11.8 Å². The molecule has 0 amide bonds. The molecular weight excluding hydrogens is 260 g/mol. The van der Waals surface area contributed by atoms with Crippen LogP contribution in [0.1, 0.15) is 18.7 Å². The van der Waals surface area contributed by atoms with E-state index in [0.717, 1.165) is 12.4 Å². The lowest BCUT2D eigenvalue weighted by Gasteiger charge is -2.27. The van der Waals surface area contributed by atoms with Crippen LogP contribution in [0.5, 0.6) is 5.88 Å². The molecule has 2 aromatic heterocycles. The first-order valence-corrected chi connectivity index (χ1v) is 6.95. The molecule has 0 aliphatic carbocycles. The number of nitrogens with zero attached hydrogens (tertiary/aromatic N) is 3. The summed E-state index contributed by atoms with van der Waals surface area (Å²) in [7, 11) is 1.57. The largest absolute Gasteiger partial charge is 0.481 e. The summed E-state index contributed by atoms with van der Waals surface area (Å²) in [4.78, 5) is 11.8. The smallest absolute Gasteiger partial charge is 0.225 e. The zero-order valence-electron chi connectivity index (χ0n) is 11.3. The summed E-state index contributed by atoms with van der Waals surface area (Å²) in [6.45, 7) is 5.05. The number of rotatable bonds is 5. The van der Waals surface area contributed by atoms with Crippen LogP contribution in [0.2, 0.25) is 0 Å². The van der Waals surface area contributed by atoms with Gasteiger partial charge in [0.1, 0.15) is 5.82 Å². The van der Waals surface area contributed by atoms with Crippen molar-refractivity contribution >= 4 is 23.1 Å². The van der Waals surface area contributed by atoms with E-state index in [4.69, 9.17) is 10.5 Å². The van der Waals surface area contributed by atoms with Crippen LogP contribution in [-0.4, -0.2) is 23.1 Å². The molecule has 6 heteroatoms. The van der Waals surface area contributed by atoms with Crippen molar-refractivity contribution in [2.75, 3.05) is 17.7 Å². The number of nitrogens with two attached hydrogens (primary N) is 1. The minimum atomic E-state index is 0.228. The van der Waals surface area contributed by atoms with Gasteiger partial charge < -0.3 is 15.4 Å². The molecule has 0 spiro atoms. The molecule has 0 unspecified atom stereocenters. The summed E-state index contributed by atoms with van der Waals surface area (Å²) in [5, 5.41) is 2.07. The van der Waals surface area contributed by atoms with Crippen LogP contribution < -0.4 is 15.4 Å². The maximum Gasteiger partial charge on any atom is 0.225 e. The van der Waals surface area contributed by atoms with Crippen LogP contribution in [-0.2, 0) is 6.54 Å². The third kappa shape index (κ3) is 3.35. The van der Waals surface area contributed by atoms with Gasteiger partial charge in [0.15, 0.2) is 0 Å². The van der Waals surface area contributed by atoms with Gasteiger partial charge in [0.25, 0.3) is 0 Å². The number of nitrogen functional groups attached to an aromatic ring is 1. The predicted octanol–water partition coefficient (Wildman–Crippen LogP) is 2.54. The van der Waals surface area contributed by atoms with Crippen molar-refractivity contribution in [3.63, 3.8) is 0 Å². The van der Waals surface area contributed by atoms with Crippen molar-refractivity contribution in [1.29, 1.82) is 0 Å². The average Bonchev–Trinajstić information content (AvgIpc) is 2.87. The summed E-state index contributed by atoms with van der Waals surface area (Å²) in [6, 6.07) is 6.28. The fourth-order valence-corrected chi connectivity index (χ4v) is 2.48. The lowest BCUT2D eigenvalue weighted by Crippen LogP contribution is -2.30. The fourth-order valence-electron chi connectivity index (χ4n) is 1.78. The number of anilines is 2. The number of aromatic nitrogens is 2. The van der Waals surface area contributed by atoms with Crippen molar-refractivity contribution < 1.29 is 4.74 Å². The molecule has 2 rings (SSSR count). The van der Waals surface area contributed by atoms with E-state index < -0.39 is 0 Å². The predicted molar refractivity (Wildman–Crippen MR) is 78.6 cm³/mol. The van der Waals surface area contributed by atoms with E-state index in [-0.39, 0.29) is 5.95 Å². The van der Waals surface area contributed by atoms with Crippen LogP contribution in [0.3, 0.4) is 0 Å². The molecule has 0 radical (unpaired) electrons. The van der Waals surface area contributed by atoms with Gasteiger partial charge in [-0.2, -0.15) is 9.97 Å². The minimum absolute atomic E-state index is 0.228. The Labute approximate surface area is 117 Å². The highest BCUT2D eigenvalue weighted by Crippen LogP contribution is 2.23. The molecule has 0 atom stereocenters. The summed E-state index contributed by atoms with van der Waals surface area (Å²) in [6.07, 6.45) is 0. The van der Waals surface area contributed by atoms with E-state index in [1.54, 1.807) is 18.4 Å². The molecule has 0 bridgehead atoms. The Kier molecular flexibility index (Phi) is 4.21. The Morgan fingerprint density at radius 1 is 1.42 bits per heavy atom. The van der Waals surface area contributed by atoms with Gasteiger partial charge in [0.2, 0.25) is 11.8 Å². The van der Waals surface area contributed by atoms with Crippen molar-refractivity contribution in [2.45, 2.75) is 26.4 Å². The molecule has 0 fully saturated rings. The summed E-state index contributed by atoms with van der Waals surface area (Å²) in [5.41, 5.74) is 5.72. The summed E-state index contributed by atoms with van der Waals surface area (Å²) >= 11 is 1.73. The molecule has 5 nitrogen and oxygen atoms in total. The molecular formula is C13H18N4OS. The van der Waals surface area contributed by atoms with Crippen molar-refractivity contribution in [1.82, 2.24) is 9.97 Å². The zero-order chi connectivity index (χ0) is 13.8. The topological polar surface area (TPSA) is 64.3 Å². The Hall–Kier alpha value is -1.82. The molecule has 0 saturated heterocycles. The van der Waals surface area contributed by atoms with E-state index in [1.807, 2.05) is 12.1 Å². The number of hydrogen-bond acceptors (Lipinski definition) is 6. The molecule has 19 heavy (non-hydrogen) atoms. The van der Waals surface area contributed by atoms with Crippen LogP contribution >= 0.6 is 11.3 Å². The third-order valence-corrected chi connectivity index (χ3v) is 3.60. The average molecular weight is 278 g/mol. The van der Waals surface area contributed by atoms with Gasteiger partial charge in [-0.3, -0.25) is 0 Å². The monoisotopic (exact) mass is 278 g/mol. The quantitative estimate of drug-likeness (QED) is 0.910. The van der Waals surface area contributed by atoms with Crippen molar-refractivity contribution in [3.8, 4) is 5.88 Å². The summed E-state index contributed by atoms with van der Waals surface area (Å²) < 4.78 is 5.15. The Balaban J connectivity index is 2.30. The van der Waals surface area contributed by atoms with Crippen LogP contribution in [0.15, 0.2) is 23.6 Å². The maximum absolute atomic E-state index is 5.72. The normalized spacial score (nSPS) is 10.7. The maximum atomic E-state index is 5.72. The molecule has 102 valence electrons. The van der Waals surface area contributed by atoms with Gasteiger partial charge >= 0.3 is 0 Å². The van der Waals surface area contributed by atoms with Gasteiger partial charge in [-0.05, 0) is 25.3 Å². The molecule has 2 heterocycles. The standard InChI is InChI=1S/C13H18N4OS/c1-9(2)17(8-10-5-4-6-19-10)11-7-12(18-3)16-13(14)15-11/h4-7,9H,8H2,1-3H3,(H2,14,15,16). The second-order valence-corrected chi connectivity index (χ2v) is 5.46. The Morgan fingerprint density at radius 3 is 2.79 bits per heavy atom. The van der Waals surface area contributed by atoms with E-state index in [9.17, 15) is 0 Å². The molecule has 0 aliphatic rings. The first-order valence-electron chi connectivity index (χ1n) is 6.07. The first-order chi connectivity index (χ1) is 9.10. The second kappa shape index (κ2) is 5.88. The second-order valence-electron chi connectivity index (χ2n) is 4.43. The van der Waals surface area contributed by atoms with Crippen LogP contribution in [0, 0.1) is 0 Å². The van der Waals surface area contributed by atoms with E-state index in [2.05, 4.69) is 40.2 Å².